The normalized spacial score (nSPS) is 16.9. The molecule has 25 heavy (non-hydrogen) atoms. The number of para-hydroxylation sites is 1. The van der Waals surface area contributed by atoms with E-state index < -0.39 is 6.09 Å². The van der Waals surface area contributed by atoms with Crippen molar-refractivity contribution in [3.63, 3.8) is 0 Å². The van der Waals surface area contributed by atoms with Crippen molar-refractivity contribution in [2.45, 2.75) is 32.4 Å². The monoisotopic (exact) mass is 342 g/mol. The lowest BCUT2D eigenvalue weighted by Crippen LogP contribution is -2.38. The van der Waals surface area contributed by atoms with Crippen LogP contribution in [0.1, 0.15) is 20.3 Å². The highest BCUT2D eigenvalue weighted by atomic mass is 16.6. The summed E-state index contributed by atoms with van der Waals surface area (Å²) in [7, 11) is 0. The molecule has 2 aromatic rings. The minimum absolute atomic E-state index is 0.0156. The SMILES string of the molecule is CC(C)OC(=O)N[C@@H]1CCN(c2cncc(-c3ccccc3O)n2)C1. The number of ether oxygens (including phenoxy) is 1. The van der Waals surface area contributed by atoms with Crippen molar-refractivity contribution >= 4 is 11.9 Å². The van der Waals surface area contributed by atoms with Crippen LogP contribution in [0.15, 0.2) is 36.7 Å². The summed E-state index contributed by atoms with van der Waals surface area (Å²) in [5.41, 5.74) is 1.26. The van der Waals surface area contributed by atoms with E-state index in [4.69, 9.17) is 4.74 Å². The highest BCUT2D eigenvalue weighted by Gasteiger charge is 2.26. The van der Waals surface area contributed by atoms with Crippen LogP contribution in [0.2, 0.25) is 0 Å². The summed E-state index contributed by atoms with van der Waals surface area (Å²) in [4.78, 5) is 22.6. The van der Waals surface area contributed by atoms with Crippen molar-refractivity contribution in [1.82, 2.24) is 15.3 Å². The fraction of sp³-hybridized carbons (Fsp3) is 0.389. The zero-order valence-corrected chi connectivity index (χ0v) is 14.3. The van der Waals surface area contributed by atoms with Gasteiger partial charge in [0, 0.05) is 18.7 Å². The van der Waals surface area contributed by atoms with Gasteiger partial charge in [-0.1, -0.05) is 12.1 Å². The van der Waals surface area contributed by atoms with Gasteiger partial charge in [0.2, 0.25) is 0 Å². The summed E-state index contributed by atoms with van der Waals surface area (Å²) >= 11 is 0. The molecule has 1 saturated heterocycles. The quantitative estimate of drug-likeness (QED) is 0.888. The first-order valence-electron chi connectivity index (χ1n) is 8.35. The molecule has 7 nitrogen and oxygen atoms in total. The van der Waals surface area contributed by atoms with Crippen LogP contribution in [-0.2, 0) is 4.74 Å². The molecule has 0 spiro atoms. The van der Waals surface area contributed by atoms with E-state index in [1.165, 1.54) is 0 Å². The Balaban J connectivity index is 1.68. The maximum Gasteiger partial charge on any atom is 0.407 e. The largest absolute Gasteiger partial charge is 0.507 e. The molecule has 132 valence electrons. The number of anilines is 1. The second kappa shape index (κ2) is 7.38. The van der Waals surface area contributed by atoms with Gasteiger partial charge in [-0.3, -0.25) is 4.98 Å². The number of phenols is 1. The number of carbonyl (C=O) groups excluding carboxylic acids is 1. The molecule has 0 bridgehead atoms. The number of alkyl carbamates (subject to hydrolysis) is 1. The fourth-order valence-electron chi connectivity index (χ4n) is 2.83. The van der Waals surface area contributed by atoms with Crippen LogP contribution in [0, 0.1) is 0 Å². The Morgan fingerprint density at radius 2 is 2.16 bits per heavy atom. The van der Waals surface area contributed by atoms with E-state index in [9.17, 15) is 9.90 Å². The molecule has 1 aromatic heterocycles. The molecular formula is C18H22N4O3. The molecule has 1 fully saturated rings. The van der Waals surface area contributed by atoms with Crippen molar-refractivity contribution < 1.29 is 14.6 Å². The van der Waals surface area contributed by atoms with Crippen LogP contribution >= 0.6 is 0 Å². The van der Waals surface area contributed by atoms with Gasteiger partial charge in [-0.2, -0.15) is 0 Å². The molecule has 7 heteroatoms. The molecule has 2 heterocycles. The maximum atomic E-state index is 11.7. The Kier molecular flexibility index (Phi) is 5.02. The predicted molar refractivity (Wildman–Crippen MR) is 94.5 cm³/mol. The molecule has 3 rings (SSSR count). The van der Waals surface area contributed by atoms with Crippen molar-refractivity contribution in [2.75, 3.05) is 18.0 Å². The van der Waals surface area contributed by atoms with E-state index >= 15 is 0 Å². The van der Waals surface area contributed by atoms with E-state index in [0.29, 0.717) is 17.8 Å². The highest BCUT2D eigenvalue weighted by Crippen LogP contribution is 2.28. The smallest absolute Gasteiger partial charge is 0.407 e. The number of carbonyl (C=O) groups is 1. The fourth-order valence-corrected chi connectivity index (χ4v) is 2.83. The summed E-state index contributed by atoms with van der Waals surface area (Å²) in [6.45, 7) is 5.05. The number of aromatic nitrogens is 2. The summed E-state index contributed by atoms with van der Waals surface area (Å²) in [5, 5.41) is 12.9. The van der Waals surface area contributed by atoms with E-state index in [1.54, 1.807) is 30.6 Å². The average Bonchev–Trinajstić information content (AvgIpc) is 3.03. The van der Waals surface area contributed by atoms with Gasteiger partial charge in [0.05, 0.1) is 30.2 Å². The molecular weight excluding hydrogens is 320 g/mol. The predicted octanol–water partition coefficient (Wildman–Crippen LogP) is 2.56. The van der Waals surface area contributed by atoms with Crippen LogP contribution in [-0.4, -0.2) is 46.4 Å². The lowest BCUT2D eigenvalue weighted by atomic mass is 10.1. The van der Waals surface area contributed by atoms with Gasteiger partial charge in [0.25, 0.3) is 0 Å². The first-order valence-corrected chi connectivity index (χ1v) is 8.35. The van der Waals surface area contributed by atoms with Crippen LogP contribution < -0.4 is 10.2 Å². The molecule has 1 atom stereocenters. The molecule has 0 saturated carbocycles. The molecule has 0 aliphatic carbocycles. The van der Waals surface area contributed by atoms with Crippen LogP contribution in [0.5, 0.6) is 5.75 Å². The van der Waals surface area contributed by atoms with Crippen molar-refractivity contribution in [2.24, 2.45) is 0 Å². The molecule has 1 aromatic carbocycles. The van der Waals surface area contributed by atoms with Crippen LogP contribution in [0.3, 0.4) is 0 Å². The Morgan fingerprint density at radius 1 is 1.36 bits per heavy atom. The van der Waals surface area contributed by atoms with Crippen molar-refractivity contribution in [1.29, 1.82) is 0 Å². The number of benzene rings is 1. The number of nitrogens with one attached hydrogen (secondary N) is 1. The van der Waals surface area contributed by atoms with E-state index in [0.717, 1.165) is 18.8 Å². The first kappa shape index (κ1) is 17.0. The minimum Gasteiger partial charge on any atom is -0.507 e. The van der Waals surface area contributed by atoms with Crippen LogP contribution in [0.25, 0.3) is 11.3 Å². The molecule has 0 radical (unpaired) electrons. The number of amides is 1. The van der Waals surface area contributed by atoms with Crippen LogP contribution in [0.4, 0.5) is 10.6 Å². The number of aromatic hydroxyl groups is 1. The lowest BCUT2D eigenvalue weighted by Gasteiger charge is -2.18. The van der Waals surface area contributed by atoms with Gasteiger partial charge in [-0.05, 0) is 32.4 Å². The number of nitrogens with zero attached hydrogens (tertiary/aromatic N) is 3. The highest BCUT2D eigenvalue weighted by molar-refractivity contribution is 5.68. The van der Waals surface area contributed by atoms with Gasteiger partial charge in [0.1, 0.15) is 11.6 Å². The standard InChI is InChI=1S/C18H22N4O3/c1-12(2)25-18(24)20-13-7-8-22(11-13)17-10-19-9-15(21-17)14-5-3-4-6-16(14)23/h3-6,9-10,12-13,23H,7-8,11H2,1-2H3,(H,20,24)/t13-/m1/s1. The third-order valence-corrected chi connectivity index (χ3v) is 3.98. The lowest BCUT2D eigenvalue weighted by molar-refractivity contribution is 0.113. The van der Waals surface area contributed by atoms with Crippen molar-refractivity contribution in [3.8, 4) is 17.0 Å². The molecule has 1 amide bonds. The average molecular weight is 342 g/mol. The van der Waals surface area contributed by atoms with E-state index in [1.807, 2.05) is 19.9 Å². The van der Waals surface area contributed by atoms with Gasteiger partial charge < -0.3 is 20.1 Å². The minimum atomic E-state index is -0.393. The molecule has 1 aliphatic rings. The Labute approximate surface area is 146 Å². The number of hydrogen-bond acceptors (Lipinski definition) is 6. The topological polar surface area (TPSA) is 87.6 Å². The summed E-state index contributed by atoms with van der Waals surface area (Å²) < 4.78 is 5.12. The van der Waals surface area contributed by atoms with Gasteiger partial charge >= 0.3 is 6.09 Å². The van der Waals surface area contributed by atoms with E-state index in [2.05, 4.69) is 20.2 Å². The number of hydrogen-bond donors (Lipinski definition) is 2. The third-order valence-electron chi connectivity index (χ3n) is 3.98. The maximum absolute atomic E-state index is 11.7. The summed E-state index contributed by atoms with van der Waals surface area (Å²) in [5.74, 6) is 0.897. The molecule has 0 unspecified atom stereocenters. The summed E-state index contributed by atoms with van der Waals surface area (Å²) in [6, 6.07) is 7.06. The molecule has 2 N–H and O–H groups in total. The van der Waals surface area contributed by atoms with Gasteiger partial charge in [-0.15, -0.1) is 0 Å². The Morgan fingerprint density at radius 3 is 2.92 bits per heavy atom. The number of rotatable bonds is 4. The Bertz CT molecular complexity index is 751. The number of phenolic OH excluding ortho intramolecular Hbond substituents is 1. The summed E-state index contributed by atoms with van der Waals surface area (Å²) in [6.07, 6.45) is 3.60. The zero-order valence-electron chi connectivity index (χ0n) is 14.3. The Hall–Kier alpha value is -2.83. The second-order valence-electron chi connectivity index (χ2n) is 6.31. The van der Waals surface area contributed by atoms with E-state index in [-0.39, 0.29) is 17.9 Å². The molecule has 1 aliphatic heterocycles. The first-order chi connectivity index (χ1) is 12.0. The van der Waals surface area contributed by atoms with Gasteiger partial charge in [-0.25, -0.2) is 9.78 Å². The third kappa shape index (κ3) is 4.17. The zero-order chi connectivity index (χ0) is 17.8. The van der Waals surface area contributed by atoms with Gasteiger partial charge in [0.15, 0.2) is 0 Å². The second-order valence-corrected chi connectivity index (χ2v) is 6.31. The van der Waals surface area contributed by atoms with Crippen molar-refractivity contribution in [3.05, 3.63) is 36.7 Å².